The van der Waals surface area contributed by atoms with Crippen molar-refractivity contribution in [1.82, 2.24) is 10.1 Å². The number of carbonyl (C=O) groups is 2. The van der Waals surface area contributed by atoms with Gasteiger partial charge in [0.2, 0.25) is 0 Å². The van der Waals surface area contributed by atoms with Gasteiger partial charge in [-0.05, 0) is 51.0 Å². The van der Waals surface area contributed by atoms with Crippen LogP contribution in [-0.4, -0.2) is 28.1 Å². The Balaban J connectivity index is 1.48. The number of hydrogen-bond donors (Lipinski definition) is 2. The minimum atomic E-state index is -0.546. The van der Waals surface area contributed by atoms with E-state index in [1.807, 2.05) is 6.07 Å². The molecule has 8 nitrogen and oxygen atoms in total. The first-order valence-electron chi connectivity index (χ1n) is 9.19. The van der Waals surface area contributed by atoms with Gasteiger partial charge in [0.1, 0.15) is 5.75 Å². The van der Waals surface area contributed by atoms with Crippen LogP contribution in [0.25, 0.3) is 11.1 Å². The third kappa shape index (κ3) is 2.77. The molecule has 28 heavy (non-hydrogen) atoms. The number of carbonyl (C=O) groups excluding carboxylic acids is 2. The van der Waals surface area contributed by atoms with E-state index in [0.29, 0.717) is 45.4 Å². The molecule has 142 valence electrons. The van der Waals surface area contributed by atoms with Crippen LogP contribution in [0.4, 0.5) is 11.4 Å². The average molecular weight is 378 g/mol. The van der Waals surface area contributed by atoms with Gasteiger partial charge in [-0.25, -0.2) is 4.98 Å². The molecular weight excluding hydrogens is 360 g/mol. The first kappa shape index (κ1) is 16.7. The number of ether oxygens (including phenoxy) is 1. The quantitative estimate of drug-likeness (QED) is 0.724. The van der Waals surface area contributed by atoms with Gasteiger partial charge in [-0.3, -0.25) is 9.59 Å². The molecule has 2 aromatic heterocycles. The minimum Gasteiger partial charge on any atom is -0.479 e. The molecule has 8 heteroatoms. The van der Waals surface area contributed by atoms with Crippen LogP contribution in [0.2, 0.25) is 0 Å². The van der Waals surface area contributed by atoms with Crippen molar-refractivity contribution in [2.24, 2.45) is 0 Å². The highest BCUT2D eigenvalue weighted by Gasteiger charge is 2.29. The topological polar surface area (TPSA) is 106 Å². The van der Waals surface area contributed by atoms with Crippen LogP contribution < -0.4 is 15.4 Å². The first-order chi connectivity index (χ1) is 13.5. The summed E-state index contributed by atoms with van der Waals surface area (Å²) >= 11 is 0. The van der Waals surface area contributed by atoms with Crippen molar-refractivity contribution in [1.29, 1.82) is 0 Å². The Labute approximate surface area is 160 Å². The number of hydrogen-bond acceptors (Lipinski definition) is 6. The van der Waals surface area contributed by atoms with Crippen LogP contribution in [0.3, 0.4) is 0 Å². The van der Waals surface area contributed by atoms with E-state index >= 15 is 0 Å². The van der Waals surface area contributed by atoms with Crippen molar-refractivity contribution >= 4 is 34.3 Å². The smallest absolute Gasteiger partial charge is 0.265 e. The molecule has 1 aliphatic heterocycles. The van der Waals surface area contributed by atoms with Gasteiger partial charge in [-0.15, -0.1) is 0 Å². The van der Waals surface area contributed by atoms with Crippen molar-refractivity contribution in [2.75, 3.05) is 10.6 Å². The molecule has 0 saturated heterocycles. The lowest BCUT2D eigenvalue weighted by Gasteiger charge is -2.23. The predicted molar refractivity (Wildman–Crippen MR) is 102 cm³/mol. The van der Waals surface area contributed by atoms with E-state index in [1.165, 1.54) is 0 Å². The summed E-state index contributed by atoms with van der Waals surface area (Å²) in [6.07, 6.45) is 1.58. The second-order valence-corrected chi connectivity index (χ2v) is 7.23. The lowest BCUT2D eigenvalue weighted by molar-refractivity contribution is -0.122. The Morgan fingerprint density at radius 1 is 1.29 bits per heavy atom. The van der Waals surface area contributed by atoms with Crippen LogP contribution in [0.5, 0.6) is 5.75 Å². The number of benzene rings is 1. The van der Waals surface area contributed by atoms with E-state index < -0.39 is 6.10 Å². The molecule has 0 bridgehead atoms. The van der Waals surface area contributed by atoms with E-state index in [1.54, 1.807) is 32.0 Å². The number of aromatic nitrogens is 2. The Morgan fingerprint density at radius 3 is 2.89 bits per heavy atom. The van der Waals surface area contributed by atoms with Gasteiger partial charge in [0.15, 0.2) is 6.10 Å². The summed E-state index contributed by atoms with van der Waals surface area (Å²) in [6, 6.07) is 6.97. The largest absolute Gasteiger partial charge is 0.479 e. The van der Waals surface area contributed by atoms with Gasteiger partial charge >= 0.3 is 0 Å². The summed E-state index contributed by atoms with van der Waals surface area (Å²) in [7, 11) is 0. The second kappa shape index (κ2) is 6.05. The normalized spacial score (nSPS) is 18.4. The summed E-state index contributed by atoms with van der Waals surface area (Å²) in [5.74, 6) is 0.444. The zero-order chi connectivity index (χ0) is 19.4. The number of fused-ring (bicyclic) bond motifs is 2. The highest BCUT2D eigenvalue weighted by atomic mass is 16.5. The van der Waals surface area contributed by atoms with E-state index in [9.17, 15) is 9.59 Å². The molecular formula is C20H18N4O4. The maximum atomic E-state index is 13.0. The molecule has 3 aromatic rings. The van der Waals surface area contributed by atoms with E-state index in [-0.39, 0.29) is 11.8 Å². The van der Waals surface area contributed by atoms with Crippen LogP contribution in [0, 0.1) is 6.92 Å². The molecule has 0 unspecified atom stereocenters. The molecule has 2 aliphatic rings. The predicted octanol–water partition coefficient (Wildman–Crippen LogP) is 3.38. The van der Waals surface area contributed by atoms with Crippen LogP contribution in [0.15, 0.2) is 28.8 Å². The molecule has 1 aliphatic carbocycles. The summed E-state index contributed by atoms with van der Waals surface area (Å²) < 4.78 is 10.8. The minimum absolute atomic E-state index is 0.221. The molecule has 1 saturated carbocycles. The molecule has 1 aromatic carbocycles. The highest BCUT2D eigenvalue weighted by Crippen LogP contribution is 2.40. The number of rotatable bonds is 3. The first-order valence-corrected chi connectivity index (χ1v) is 9.19. The Morgan fingerprint density at radius 2 is 2.11 bits per heavy atom. The van der Waals surface area contributed by atoms with Gasteiger partial charge in [-0.2, -0.15) is 0 Å². The van der Waals surface area contributed by atoms with Crippen molar-refractivity contribution in [3.63, 3.8) is 0 Å². The SMILES string of the molecule is Cc1noc2nc(C3CC3)cc(C(=O)Nc3ccc4c(c3)NC(=O)[C@@H](C)O4)c12. The standard InChI is InChI=1S/C20H18N4O4/c1-9-17-13(8-14(11-3-4-11)23-20(17)28-24-9)19(26)21-12-5-6-16-15(7-12)22-18(25)10(2)27-16/h5-8,10-11H,3-4H2,1-2H3,(H,21,26)(H,22,25)/t10-/m1/s1. The summed E-state index contributed by atoms with van der Waals surface area (Å²) in [6.45, 7) is 3.47. The zero-order valence-electron chi connectivity index (χ0n) is 15.4. The van der Waals surface area contributed by atoms with Crippen molar-refractivity contribution < 1.29 is 18.8 Å². The number of nitrogens with one attached hydrogen (secondary N) is 2. The van der Waals surface area contributed by atoms with E-state index in [0.717, 1.165) is 18.5 Å². The third-order valence-electron chi connectivity index (χ3n) is 5.05. The molecule has 2 N–H and O–H groups in total. The Bertz CT molecular complexity index is 1130. The van der Waals surface area contributed by atoms with Crippen LogP contribution >= 0.6 is 0 Å². The molecule has 5 rings (SSSR count). The fourth-order valence-electron chi connectivity index (χ4n) is 3.37. The number of nitrogens with zero attached hydrogens (tertiary/aromatic N) is 2. The van der Waals surface area contributed by atoms with Gasteiger partial charge in [-0.1, -0.05) is 5.16 Å². The summed E-state index contributed by atoms with van der Waals surface area (Å²) in [4.78, 5) is 29.4. The fourth-order valence-corrected chi connectivity index (χ4v) is 3.37. The van der Waals surface area contributed by atoms with E-state index in [4.69, 9.17) is 9.26 Å². The molecule has 0 radical (unpaired) electrons. The lowest BCUT2D eigenvalue weighted by Crippen LogP contribution is -2.34. The lowest BCUT2D eigenvalue weighted by atomic mass is 10.1. The average Bonchev–Trinajstić information content (AvgIpc) is 3.46. The maximum Gasteiger partial charge on any atom is 0.265 e. The van der Waals surface area contributed by atoms with Crippen molar-refractivity contribution in [3.05, 3.63) is 41.2 Å². The molecule has 1 atom stereocenters. The van der Waals surface area contributed by atoms with Gasteiger partial charge in [0.25, 0.3) is 17.5 Å². The summed E-state index contributed by atoms with van der Waals surface area (Å²) in [5, 5.41) is 10.2. The number of anilines is 2. The molecule has 3 heterocycles. The highest BCUT2D eigenvalue weighted by molar-refractivity contribution is 6.12. The van der Waals surface area contributed by atoms with Crippen molar-refractivity contribution in [3.8, 4) is 5.75 Å². The van der Waals surface area contributed by atoms with Crippen LogP contribution in [-0.2, 0) is 4.79 Å². The van der Waals surface area contributed by atoms with Crippen LogP contribution in [0.1, 0.15) is 47.4 Å². The zero-order valence-corrected chi connectivity index (χ0v) is 15.4. The Kier molecular flexibility index (Phi) is 3.61. The number of aryl methyl sites for hydroxylation is 1. The van der Waals surface area contributed by atoms with E-state index in [2.05, 4.69) is 20.8 Å². The fraction of sp³-hybridized carbons (Fsp3) is 0.300. The molecule has 1 fully saturated rings. The van der Waals surface area contributed by atoms with Gasteiger partial charge in [0.05, 0.1) is 22.3 Å². The number of amides is 2. The van der Waals surface area contributed by atoms with Crippen molar-refractivity contribution in [2.45, 2.75) is 38.7 Å². The Hall–Kier alpha value is -3.42. The summed E-state index contributed by atoms with van der Waals surface area (Å²) in [5.41, 5.74) is 3.42. The second-order valence-electron chi connectivity index (χ2n) is 7.23. The third-order valence-corrected chi connectivity index (χ3v) is 5.05. The molecule has 0 spiro atoms. The molecule has 2 amide bonds. The van der Waals surface area contributed by atoms with Gasteiger partial charge < -0.3 is 19.9 Å². The maximum absolute atomic E-state index is 13.0. The van der Waals surface area contributed by atoms with Gasteiger partial charge in [0, 0.05) is 17.3 Å². The number of pyridine rings is 1. The monoisotopic (exact) mass is 378 g/mol.